The maximum Gasteiger partial charge on any atom is 0.225 e. The predicted octanol–water partition coefficient (Wildman–Crippen LogP) is 1.47. The van der Waals surface area contributed by atoms with Crippen LogP contribution in [0.4, 0.5) is 5.95 Å². The highest BCUT2D eigenvalue weighted by molar-refractivity contribution is 5.85. The fraction of sp³-hybridized carbons (Fsp3) is 0.444. The Morgan fingerprint density at radius 2 is 1.77 bits per heavy atom. The highest BCUT2D eigenvalue weighted by atomic mass is 35.5. The fourth-order valence-electron chi connectivity index (χ4n) is 2.82. The zero-order chi connectivity index (χ0) is 17.5. The minimum atomic E-state index is -0.536. The second-order valence-electron chi connectivity index (χ2n) is 5.98. The van der Waals surface area contributed by atoms with E-state index in [1.165, 1.54) is 0 Å². The molecular weight excluding hydrogens is 356 g/mol. The number of hydrogen-bond donors (Lipinski definition) is 1. The van der Waals surface area contributed by atoms with Crippen LogP contribution in [0.2, 0.25) is 0 Å². The van der Waals surface area contributed by atoms with Gasteiger partial charge < -0.3 is 19.5 Å². The monoisotopic (exact) mass is 380 g/mol. The Morgan fingerprint density at radius 1 is 1.08 bits per heavy atom. The number of hydrogen-bond acceptors (Lipinski definition) is 7. The van der Waals surface area contributed by atoms with Crippen molar-refractivity contribution in [1.29, 1.82) is 0 Å². The number of anilines is 1. The van der Waals surface area contributed by atoms with Gasteiger partial charge in [-0.05, 0) is 18.2 Å². The molecule has 1 aliphatic heterocycles. The van der Waals surface area contributed by atoms with Crippen LogP contribution < -0.4 is 14.4 Å². The van der Waals surface area contributed by atoms with Crippen LogP contribution in [0.25, 0.3) is 0 Å². The van der Waals surface area contributed by atoms with Gasteiger partial charge in [-0.1, -0.05) is 6.07 Å². The number of nitrogens with zero attached hydrogens (tertiary/aromatic N) is 4. The van der Waals surface area contributed by atoms with Crippen molar-refractivity contribution in [3.05, 3.63) is 42.7 Å². The first-order valence-corrected chi connectivity index (χ1v) is 8.44. The van der Waals surface area contributed by atoms with Gasteiger partial charge in [0.25, 0.3) is 0 Å². The van der Waals surface area contributed by atoms with Gasteiger partial charge in [-0.3, -0.25) is 4.90 Å². The Hall–Kier alpha value is -2.09. The number of benzene rings is 1. The minimum absolute atomic E-state index is 0. The standard InChI is InChI=1S/C18H24N4O3.ClH/c1-24-16-4-2-5-17(12-16)25-14-15(23)13-21-8-10-22(11-9-21)18-19-6-3-7-20-18;/h2-7,12,15,23H,8-11,13-14H2,1H3;1H. The van der Waals surface area contributed by atoms with Crippen LogP contribution >= 0.6 is 12.4 Å². The quantitative estimate of drug-likeness (QED) is 0.779. The molecule has 7 nitrogen and oxygen atoms in total. The smallest absolute Gasteiger partial charge is 0.225 e. The Bertz CT molecular complexity index is 654. The summed E-state index contributed by atoms with van der Waals surface area (Å²) in [4.78, 5) is 13.0. The molecule has 1 aromatic carbocycles. The Balaban J connectivity index is 0.00000243. The number of β-amino-alcohol motifs (C(OH)–C–C–N with tert-alkyl or cyclic N) is 1. The minimum Gasteiger partial charge on any atom is -0.497 e. The van der Waals surface area contributed by atoms with Crippen molar-refractivity contribution >= 4 is 18.4 Å². The lowest BCUT2D eigenvalue weighted by Crippen LogP contribution is -2.49. The van der Waals surface area contributed by atoms with E-state index in [0.29, 0.717) is 12.3 Å². The van der Waals surface area contributed by atoms with Crippen LogP contribution in [-0.4, -0.2) is 72.5 Å². The number of aliphatic hydroxyl groups excluding tert-OH is 1. The maximum atomic E-state index is 10.2. The summed E-state index contributed by atoms with van der Waals surface area (Å²) in [7, 11) is 1.62. The van der Waals surface area contributed by atoms with Crippen molar-refractivity contribution in [3.63, 3.8) is 0 Å². The molecule has 0 amide bonds. The van der Waals surface area contributed by atoms with E-state index >= 15 is 0 Å². The molecule has 1 aliphatic rings. The van der Waals surface area contributed by atoms with Crippen LogP contribution in [0, 0.1) is 0 Å². The molecule has 0 aliphatic carbocycles. The SMILES string of the molecule is COc1cccc(OCC(O)CN2CCN(c3ncccn3)CC2)c1.Cl. The molecule has 2 heterocycles. The highest BCUT2D eigenvalue weighted by Crippen LogP contribution is 2.19. The normalized spacial score (nSPS) is 15.8. The van der Waals surface area contributed by atoms with Crippen molar-refractivity contribution in [3.8, 4) is 11.5 Å². The molecule has 0 spiro atoms. The third-order valence-electron chi connectivity index (χ3n) is 4.16. The topological polar surface area (TPSA) is 71.0 Å². The molecule has 0 saturated carbocycles. The van der Waals surface area contributed by atoms with Crippen molar-refractivity contribution in [2.24, 2.45) is 0 Å². The molecule has 1 N–H and O–H groups in total. The summed E-state index contributed by atoms with van der Waals surface area (Å²) in [5.41, 5.74) is 0. The largest absolute Gasteiger partial charge is 0.497 e. The molecule has 1 aromatic heterocycles. The summed E-state index contributed by atoms with van der Waals surface area (Å²) in [6.45, 7) is 4.30. The second kappa shape index (κ2) is 10.2. The molecule has 0 radical (unpaired) electrons. The number of halogens is 1. The van der Waals surface area contributed by atoms with Crippen LogP contribution in [0.1, 0.15) is 0 Å². The van der Waals surface area contributed by atoms with E-state index in [0.717, 1.165) is 37.9 Å². The average molecular weight is 381 g/mol. The van der Waals surface area contributed by atoms with Gasteiger partial charge in [0.05, 0.1) is 7.11 Å². The lowest BCUT2D eigenvalue weighted by molar-refractivity contribution is 0.0661. The molecular formula is C18H25ClN4O3. The molecule has 1 saturated heterocycles. The molecule has 0 bridgehead atoms. The summed E-state index contributed by atoms with van der Waals surface area (Å²) in [5.74, 6) is 2.21. The van der Waals surface area contributed by atoms with E-state index in [2.05, 4.69) is 19.8 Å². The van der Waals surface area contributed by atoms with E-state index in [9.17, 15) is 5.11 Å². The van der Waals surface area contributed by atoms with Gasteiger partial charge in [0.15, 0.2) is 0 Å². The van der Waals surface area contributed by atoms with Crippen molar-refractivity contribution in [1.82, 2.24) is 14.9 Å². The first-order chi connectivity index (χ1) is 12.2. The molecule has 1 atom stereocenters. The third kappa shape index (κ3) is 5.72. The first kappa shape index (κ1) is 20.2. The third-order valence-corrected chi connectivity index (χ3v) is 4.16. The molecule has 2 aromatic rings. The highest BCUT2D eigenvalue weighted by Gasteiger charge is 2.20. The molecule has 3 rings (SSSR count). The number of methoxy groups -OCH3 is 1. The van der Waals surface area contributed by atoms with E-state index in [1.807, 2.05) is 30.3 Å². The molecule has 26 heavy (non-hydrogen) atoms. The van der Waals surface area contributed by atoms with Crippen LogP contribution in [-0.2, 0) is 0 Å². The molecule has 8 heteroatoms. The van der Waals surface area contributed by atoms with E-state index in [1.54, 1.807) is 19.5 Å². The summed E-state index contributed by atoms with van der Waals surface area (Å²) >= 11 is 0. The number of aromatic nitrogens is 2. The Morgan fingerprint density at radius 3 is 2.46 bits per heavy atom. The van der Waals surface area contributed by atoms with E-state index in [4.69, 9.17) is 9.47 Å². The van der Waals surface area contributed by atoms with E-state index < -0.39 is 6.10 Å². The number of ether oxygens (including phenoxy) is 2. The lowest BCUT2D eigenvalue weighted by atomic mass is 10.2. The zero-order valence-corrected chi connectivity index (χ0v) is 15.6. The van der Waals surface area contributed by atoms with Gasteiger partial charge >= 0.3 is 0 Å². The summed E-state index contributed by atoms with van der Waals surface area (Å²) in [6.07, 6.45) is 2.98. The second-order valence-corrected chi connectivity index (χ2v) is 5.98. The molecule has 1 fully saturated rings. The van der Waals surface area contributed by atoms with Crippen LogP contribution in [0.5, 0.6) is 11.5 Å². The fourth-order valence-corrected chi connectivity index (χ4v) is 2.82. The number of aliphatic hydroxyl groups is 1. The zero-order valence-electron chi connectivity index (χ0n) is 14.8. The number of rotatable bonds is 7. The van der Waals surface area contributed by atoms with Crippen LogP contribution in [0.15, 0.2) is 42.7 Å². The van der Waals surface area contributed by atoms with Gasteiger partial charge in [0, 0.05) is 51.2 Å². The summed E-state index contributed by atoms with van der Waals surface area (Å²) in [5, 5.41) is 10.2. The molecule has 142 valence electrons. The van der Waals surface area contributed by atoms with Crippen LogP contribution in [0.3, 0.4) is 0 Å². The maximum absolute atomic E-state index is 10.2. The van der Waals surface area contributed by atoms with Gasteiger partial charge in [-0.15, -0.1) is 12.4 Å². The summed E-state index contributed by atoms with van der Waals surface area (Å²) in [6, 6.07) is 9.21. The Labute approximate surface area is 160 Å². The average Bonchev–Trinajstić information content (AvgIpc) is 2.68. The van der Waals surface area contributed by atoms with Crippen molar-refractivity contribution in [2.45, 2.75) is 6.10 Å². The van der Waals surface area contributed by atoms with E-state index in [-0.39, 0.29) is 19.0 Å². The Kier molecular flexibility index (Phi) is 7.90. The molecule has 1 unspecified atom stereocenters. The van der Waals surface area contributed by atoms with Crippen molar-refractivity contribution < 1.29 is 14.6 Å². The first-order valence-electron chi connectivity index (χ1n) is 8.44. The summed E-state index contributed by atoms with van der Waals surface area (Å²) < 4.78 is 10.8. The predicted molar refractivity (Wildman–Crippen MR) is 102 cm³/mol. The lowest BCUT2D eigenvalue weighted by Gasteiger charge is -2.35. The van der Waals surface area contributed by atoms with Crippen molar-refractivity contribution in [2.75, 3.05) is 51.3 Å². The van der Waals surface area contributed by atoms with Gasteiger partial charge in [-0.25, -0.2) is 9.97 Å². The van der Waals surface area contributed by atoms with Gasteiger partial charge in [0.2, 0.25) is 5.95 Å². The van der Waals surface area contributed by atoms with Gasteiger partial charge in [-0.2, -0.15) is 0 Å². The van der Waals surface area contributed by atoms with Gasteiger partial charge in [0.1, 0.15) is 24.2 Å². The number of piperazine rings is 1.